The van der Waals surface area contributed by atoms with Crippen LogP contribution in [0.4, 0.5) is 14.9 Å². The van der Waals surface area contributed by atoms with E-state index in [1.165, 1.54) is 17.0 Å². The quantitative estimate of drug-likeness (QED) is 0.334. The first-order chi connectivity index (χ1) is 17.4. The average molecular weight is 550 g/mol. The Balaban J connectivity index is 1.51. The lowest BCUT2D eigenvalue weighted by atomic mass is 10.2. The molecule has 4 rings (SSSR count). The van der Waals surface area contributed by atoms with Gasteiger partial charge in [-0.15, -0.1) is 11.3 Å². The van der Waals surface area contributed by atoms with Gasteiger partial charge < -0.3 is 19.9 Å². The lowest BCUT2D eigenvalue weighted by Crippen LogP contribution is -2.46. The number of anilines is 1. The maximum Gasteiger partial charge on any atom is 0.322 e. The van der Waals surface area contributed by atoms with Crippen LogP contribution < -0.4 is 5.32 Å². The molecule has 0 saturated carbocycles. The van der Waals surface area contributed by atoms with Crippen molar-refractivity contribution in [3.05, 3.63) is 86.3 Å². The van der Waals surface area contributed by atoms with Crippen LogP contribution in [0, 0.1) is 5.82 Å². The average Bonchev–Trinajstić information content (AvgIpc) is 3.56. The second-order valence-electron chi connectivity index (χ2n) is 8.53. The van der Waals surface area contributed by atoms with Crippen molar-refractivity contribution in [1.82, 2.24) is 9.80 Å². The van der Waals surface area contributed by atoms with Crippen LogP contribution in [0.2, 0.25) is 10.0 Å². The minimum absolute atomic E-state index is 0.139. The van der Waals surface area contributed by atoms with Crippen molar-refractivity contribution >= 4 is 52.2 Å². The van der Waals surface area contributed by atoms with Gasteiger partial charge >= 0.3 is 6.03 Å². The highest BCUT2D eigenvalue weighted by Crippen LogP contribution is 2.25. The van der Waals surface area contributed by atoms with Crippen molar-refractivity contribution in [3.8, 4) is 0 Å². The molecular weight excluding hydrogens is 524 g/mol. The van der Waals surface area contributed by atoms with Crippen LogP contribution in [0.1, 0.15) is 23.3 Å². The molecule has 1 aromatic heterocycles. The molecule has 1 fully saturated rings. The van der Waals surface area contributed by atoms with Crippen molar-refractivity contribution in [2.75, 3.05) is 25.0 Å². The van der Waals surface area contributed by atoms with Crippen LogP contribution in [0.25, 0.3) is 0 Å². The number of urea groups is 1. The first kappa shape index (κ1) is 26.4. The molecule has 1 aliphatic rings. The summed E-state index contributed by atoms with van der Waals surface area (Å²) in [6.07, 6.45) is 1.59. The molecule has 1 aliphatic heterocycles. The third kappa shape index (κ3) is 7.43. The maximum absolute atomic E-state index is 13.5. The third-order valence-corrected chi connectivity index (χ3v) is 7.40. The van der Waals surface area contributed by atoms with Crippen molar-refractivity contribution in [3.63, 3.8) is 0 Å². The zero-order valence-corrected chi connectivity index (χ0v) is 21.8. The molecule has 6 nitrogen and oxygen atoms in total. The Morgan fingerprint density at radius 3 is 2.53 bits per heavy atom. The molecular formula is C26H26Cl2FN3O3S. The molecule has 3 aromatic rings. The predicted molar refractivity (Wildman–Crippen MR) is 141 cm³/mol. The Morgan fingerprint density at radius 2 is 1.86 bits per heavy atom. The number of nitrogens with zero attached hydrogens (tertiary/aromatic N) is 2. The summed E-state index contributed by atoms with van der Waals surface area (Å²) < 4.78 is 19.1. The molecule has 2 heterocycles. The van der Waals surface area contributed by atoms with Crippen LogP contribution in [0.3, 0.4) is 0 Å². The Bertz CT molecular complexity index is 1170. The Hall–Kier alpha value is -2.65. The molecule has 1 unspecified atom stereocenters. The lowest BCUT2D eigenvalue weighted by molar-refractivity contribution is -0.133. The zero-order valence-electron chi connectivity index (χ0n) is 19.5. The van der Waals surface area contributed by atoms with Gasteiger partial charge in [0.1, 0.15) is 12.4 Å². The third-order valence-electron chi connectivity index (χ3n) is 5.80. The lowest BCUT2D eigenvalue weighted by Gasteiger charge is -2.29. The monoisotopic (exact) mass is 549 g/mol. The van der Waals surface area contributed by atoms with Crippen molar-refractivity contribution in [2.45, 2.75) is 32.0 Å². The summed E-state index contributed by atoms with van der Waals surface area (Å²) in [6.45, 7) is 1.45. The number of halogens is 3. The number of benzene rings is 2. The number of hydrogen-bond acceptors (Lipinski definition) is 4. The highest BCUT2D eigenvalue weighted by Gasteiger charge is 2.27. The molecule has 3 amide bonds. The molecule has 0 bridgehead atoms. The van der Waals surface area contributed by atoms with E-state index in [1.807, 2.05) is 17.5 Å². The molecule has 0 aliphatic carbocycles. The number of carbonyl (C=O) groups is 2. The normalized spacial score (nSPS) is 15.0. The fourth-order valence-corrected chi connectivity index (χ4v) is 4.94. The van der Waals surface area contributed by atoms with E-state index in [1.54, 1.807) is 46.6 Å². The van der Waals surface area contributed by atoms with Gasteiger partial charge in [0.25, 0.3) is 0 Å². The second-order valence-corrected chi connectivity index (χ2v) is 10.4. The Morgan fingerprint density at radius 1 is 1.06 bits per heavy atom. The molecule has 36 heavy (non-hydrogen) atoms. The van der Waals surface area contributed by atoms with Crippen molar-refractivity contribution < 1.29 is 18.7 Å². The van der Waals surface area contributed by atoms with Gasteiger partial charge in [-0.1, -0.05) is 41.4 Å². The van der Waals surface area contributed by atoms with E-state index in [0.29, 0.717) is 35.4 Å². The minimum Gasteiger partial charge on any atom is -0.376 e. The van der Waals surface area contributed by atoms with E-state index in [4.69, 9.17) is 27.9 Å². The Kier molecular flexibility index (Phi) is 9.20. The molecule has 2 aromatic carbocycles. The zero-order chi connectivity index (χ0) is 25.5. The van der Waals surface area contributed by atoms with E-state index in [2.05, 4.69) is 5.32 Å². The number of thiophene rings is 1. The van der Waals surface area contributed by atoms with Crippen LogP contribution in [-0.2, 0) is 22.6 Å². The van der Waals surface area contributed by atoms with E-state index >= 15 is 0 Å². The summed E-state index contributed by atoms with van der Waals surface area (Å²) in [7, 11) is 0. The highest BCUT2D eigenvalue weighted by molar-refractivity contribution is 7.09. The molecule has 190 valence electrons. The van der Waals surface area contributed by atoms with Crippen LogP contribution >= 0.6 is 34.5 Å². The summed E-state index contributed by atoms with van der Waals surface area (Å²) in [5.74, 6) is -0.563. The van der Waals surface area contributed by atoms with Gasteiger partial charge in [-0.05, 0) is 60.2 Å². The largest absolute Gasteiger partial charge is 0.376 e. The topological polar surface area (TPSA) is 61.9 Å². The van der Waals surface area contributed by atoms with Gasteiger partial charge in [0.2, 0.25) is 5.91 Å². The Labute approximate surface area is 223 Å². The SMILES string of the molecule is O=C(CN(CC1CCCO1)C(=O)Nc1ccc(Cl)c(Cl)c1)N(Cc1ccc(F)cc1)Cc1cccs1. The fourth-order valence-electron chi connectivity index (χ4n) is 3.93. The predicted octanol–water partition coefficient (Wildman–Crippen LogP) is 6.44. The summed E-state index contributed by atoms with van der Waals surface area (Å²) in [4.78, 5) is 30.9. The molecule has 0 spiro atoms. The molecule has 1 atom stereocenters. The van der Waals surface area contributed by atoms with Crippen LogP contribution in [-0.4, -0.2) is 47.5 Å². The maximum atomic E-state index is 13.5. The first-order valence-corrected chi connectivity index (χ1v) is 13.2. The van der Waals surface area contributed by atoms with Crippen molar-refractivity contribution in [2.24, 2.45) is 0 Å². The summed E-state index contributed by atoms with van der Waals surface area (Å²) in [6, 6.07) is 14.3. The molecule has 1 saturated heterocycles. The summed E-state index contributed by atoms with van der Waals surface area (Å²) in [5, 5.41) is 5.45. The second kappa shape index (κ2) is 12.5. The summed E-state index contributed by atoms with van der Waals surface area (Å²) in [5.41, 5.74) is 1.27. The van der Waals surface area contributed by atoms with E-state index in [0.717, 1.165) is 23.3 Å². The fraction of sp³-hybridized carbons (Fsp3) is 0.308. The van der Waals surface area contributed by atoms with E-state index in [9.17, 15) is 14.0 Å². The molecule has 1 N–H and O–H groups in total. The van der Waals surface area contributed by atoms with Crippen LogP contribution in [0.15, 0.2) is 60.0 Å². The molecule has 0 radical (unpaired) electrons. The summed E-state index contributed by atoms with van der Waals surface area (Å²) >= 11 is 13.6. The van der Waals surface area contributed by atoms with E-state index < -0.39 is 6.03 Å². The molecule has 10 heteroatoms. The van der Waals surface area contributed by atoms with Gasteiger partial charge in [0, 0.05) is 30.3 Å². The van der Waals surface area contributed by atoms with Gasteiger partial charge in [-0.25, -0.2) is 9.18 Å². The highest BCUT2D eigenvalue weighted by atomic mass is 35.5. The number of carbonyl (C=O) groups excluding carboxylic acids is 2. The minimum atomic E-state index is -0.435. The van der Waals surface area contributed by atoms with Gasteiger partial charge in [-0.3, -0.25) is 4.79 Å². The van der Waals surface area contributed by atoms with Gasteiger partial charge in [0.05, 0.1) is 22.7 Å². The number of rotatable bonds is 9. The smallest absolute Gasteiger partial charge is 0.322 e. The first-order valence-electron chi connectivity index (χ1n) is 11.5. The van der Waals surface area contributed by atoms with Crippen molar-refractivity contribution in [1.29, 1.82) is 0 Å². The van der Waals surface area contributed by atoms with E-state index in [-0.39, 0.29) is 30.9 Å². The number of nitrogens with one attached hydrogen (secondary N) is 1. The number of amides is 3. The van der Waals surface area contributed by atoms with Gasteiger partial charge in [0.15, 0.2) is 0 Å². The van der Waals surface area contributed by atoms with Gasteiger partial charge in [-0.2, -0.15) is 0 Å². The van der Waals surface area contributed by atoms with Crippen LogP contribution in [0.5, 0.6) is 0 Å². The number of ether oxygens (including phenoxy) is 1. The standard InChI is InChI=1S/C26H26Cl2FN3O3S/c27-23-10-9-20(13-24(23)28)30-26(34)32(15-21-3-1-11-35-21)17-25(33)31(16-22-4-2-12-36-22)14-18-5-7-19(29)8-6-18/h2,4-10,12-13,21H,1,3,11,14-17H2,(H,30,34). The number of hydrogen-bond donors (Lipinski definition) is 1.